The molecule has 1 atom stereocenters. The first kappa shape index (κ1) is 15.8. The summed E-state index contributed by atoms with van der Waals surface area (Å²) in [4.78, 5) is 12.6. The lowest BCUT2D eigenvalue weighted by Crippen LogP contribution is -2.39. The number of hydrogen-bond donors (Lipinski definition) is 2. The van der Waals surface area contributed by atoms with E-state index in [4.69, 9.17) is 9.47 Å². The van der Waals surface area contributed by atoms with Gasteiger partial charge in [0.25, 0.3) is 0 Å². The van der Waals surface area contributed by atoms with Crippen LogP contribution in [0.25, 0.3) is 0 Å². The van der Waals surface area contributed by atoms with Crippen LogP contribution in [0.4, 0.5) is 0 Å². The van der Waals surface area contributed by atoms with E-state index in [0.29, 0.717) is 6.54 Å². The molecule has 1 unspecified atom stereocenters. The molecule has 1 saturated heterocycles. The number of amides is 1. The Bertz CT molecular complexity index is 650. The third-order valence-corrected chi connectivity index (χ3v) is 5.96. The van der Waals surface area contributed by atoms with Crippen molar-refractivity contribution in [3.63, 3.8) is 0 Å². The molecule has 3 aliphatic rings. The fraction of sp³-hybridized carbons (Fsp3) is 0.632. The fourth-order valence-corrected chi connectivity index (χ4v) is 4.05. The van der Waals surface area contributed by atoms with Crippen molar-refractivity contribution in [2.24, 2.45) is 11.3 Å². The maximum atomic E-state index is 12.6. The van der Waals surface area contributed by atoms with Crippen molar-refractivity contribution in [2.45, 2.75) is 38.5 Å². The van der Waals surface area contributed by atoms with Crippen LogP contribution in [-0.4, -0.2) is 32.3 Å². The molecule has 0 radical (unpaired) electrons. The lowest BCUT2D eigenvalue weighted by molar-refractivity contribution is -0.123. The van der Waals surface area contributed by atoms with Crippen LogP contribution in [-0.2, 0) is 10.2 Å². The van der Waals surface area contributed by atoms with E-state index >= 15 is 0 Å². The molecule has 1 amide bonds. The molecule has 1 saturated carbocycles. The summed E-state index contributed by atoms with van der Waals surface area (Å²) in [5, 5.41) is 6.58. The minimum atomic E-state index is -0.146. The normalized spacial score (nSPS) is 24.0. The standard InChI is InChI=1S/C19H26N2O3/c1-18(2,13-3-4-15-16(9-13)24-12-23-15)11-21-17(22)14-10-19(14)5-7-20-8-6-19/h3-4,9,14,20H,5-8,10-12H2,1-2H3,(H,21,22). The average Bonchev–Trinajstić information content (AvgIpc) is 3.06. The number of hydrogen-bond acceptors (Lipinski definition) is 4. The maximum Gasteiger partial charge on any atom is 0.231 e. The first-order valence-electron chi connectivity index (χ1n) is 8.89. The van der Waals surface area contributed by atoms with Crippen molar-refractivity contribution in [1.82, 2.24) is 10.6 Å². The van der Waals surface area contributed by atoms with Crippen LogP contribution < -0.4 is 20.1 Å². The van der Waals surface area contributed by atoms with Crippen LogP contribution in [0, 0.1) is 11.3 Å². The Balaban J connectivity index is 1.37. The summed E-state index contributed by atoms with van der Waals surface area (Å²) in [6.07, 6.45) is 3.33. The van der Waals surface area contributed by atoms with E-state index < -0.39 is 0 Å². The molecule has 1 aromatic carbocycles. The van der Waals surface area contributed by atoms with Gasteiger partial charge in [-0.05, 0) is 55.5 Å². The Kier molecular flexibility index (Phi) is 3.71. The highest BCUT2D eigenvalue weighted by Gasteiger charge is 2.57. The van der Waals surface area contributed by atoms with Crippen molar-refractivity contribution in [3.05, 3.63) is 23.8 Å². The molecule has 2 heterocycles. The van der Waals surface area contributed by atoms with Crippen LogP contribution in [0.1, 0.15) is 38.7 Å². The second-order valence-electron chi connectivity index (χ2n) is 8.04. The minimum Gasteiger partial charge on any atom is -0.454 e. The van der Waals surface area contributed by atoms with Gasteiger partial charge in [-0.25, -0.2) is 0 Å². The Morgan fingerprint density at radius 2 is 2.04 bits per heavy atom. The van der Waals surface area contributed by atoms with Crippen LogP contribution in [0.2, 0.25) is 0 Å². The first-order valence-corrected chi connectivity index (χ1v) is 8.89. The van der Waals surface area contributed by atoms with Crippen molar-refractivity contribution < 1.29 is 14.3 Å². The molecule has 0 bridgehead atoms. The zero-order valence-electron chi connectivity index (χ0n) is 14.5. The molecule has 0 aromatic heterocycles. The van der Waals surface area contributed by atoms with Crippen LogP contribution >= 0.6 is 0 Å². The number of nitrogens with one attached hydrogen (secondary N) is 2. The number of ether oxygens (including phenoxy) is 2. The molecule has 1 aromatic rings. The summed E-state index contributed by atoms with van der Waals surface area (Å²) >= 11 is 0. The van der Waals surface area contributed by atoms with Crippen molar-refractivity contribution >= 4 is 5.91 Å². The summed E-state index contributed by atoms with van der Waals surface area (Å²) in [6.45, 7) is 7.32. The van der Waals surface area contributed by atoms with Crippen LogP contribution in [0.5, 0.6) is 11.5 Å². The second kappa shape index (κ2) is 5.66. The van der Waals surface area contributed by atoms with Gasteiger partial charge in [0.15, 0.2) is 11.5 Å². The molecule has 130 valence electrons. The van der Waals surface area contributed by atoms with Gasteiger partial charge in [-0.1, -0.05) is 19.9 Å². The number of rotatable bonds is 4. The molecular weight excluding hydrogens is 304 g/mol. The summed E-state index contributed by atoms with van der Waals surface area (Å²) in [7, 11) is 0. The second-order valence-corrected chi connectivity index (χ2v) is 8.04. The molecule has 1 aliphatic carbocycles. The summed E-state index contributed by atoms with van der Waals surface area (Å²) in [5.74, 6) is 2.03. The first-order chi connectivity index (χ1) is 11.5. The Morgan fingerprint density at radius 1 is 1.29 bits per heavy atom. The molecule has 1 spiro atoms. The third kappa shape index (κ3) is 2.75. The topological polar surface area (TPSA) is 59.6 Å². The van der Waals surface area contributed by atoms with Crippen LogP contribution in [0.3, 0.4) is 0 Å². The highest BCUT2D eigenvalue weighted by molar-refractivity contribution is 5.82. The predicted octanol–water partition coefficient (Wildman–Crippen LogP) is 2.20. The summed E-state index contributed by atoms with van der Waals surface area (Å²) in [5.41, 5.74) is 1.30. The number of benzene rings is 1. The smallest absolute Gasteiger partial charge is 0.231 e. The molecule has 4 rings (SSSR count). The van der Waals surface area contributed by atoms with Gasteiger partial charge < -0.3 is 20.1 Å². The van der Waals surface area contributed by atoms with E-state index in [-0.39, 0.29) is 29.4 Å². The zero-order chi connectivity index (χ0) is 16.8. The van der Waals surface area contributed by atoms with Gasteiger partial charge in [-0.2, -0.15) is 0 Å². The van der Waals surface area contributed by atoms with E-state index in [1.165, 1.54) is 0 Å². The minimum absolute atomic E-state index is 0.146. The monoisotopic (exact) mass is 330 g/mol. The van der Waals surface area contributed by atoms with E-state index in [1.54, 1.807) is 0 Å². The van der Waals surface area contributed by atoms with Gasteiger partial charge in [-0.3, -0.25) is 4.79 Å². The molecule has 5 heteroatoms. The van der Waals surface area contributed by atoms with E-state index in [0.717, 1.165) is 49.4 Å². The fourth-order valence-electron chi connectivity index (χ4n) is 4.05. The van der Waals surface area contributed by atoms with Gasteiger partial charge >= 0.3 is 0 Å². The van der Waals surface area contributed by atoms with Crippen molar-refractivity contribution in [3.8, 4) is 11.5 Å². The van der Waals surface area contributed by atoms with E-state index in [2.05, 4.69) is 30.5 Å². The zero-order valence-corrected chi connectivity index (χ0v) is 14.5. The maximum absolute atomic E-state index is 12.6. The highest BCUT2D eigenvalue weighted by Crippen LogP contribution is 2.58. The Hall–Kier alpha value is -1.75. The molecule has 2 N–H and O–H groups in total. The highest BCUT2D eigenvalue weighted by atomic mass is 16.7. The lowest BCUT2D eigenvalue weighted by atomic mass is 9.84. The average molecular weight is 330 g/mol. The van der Waals surface area contributed by atoms with Gasteiger partial charge in [0.05, 0.1) is 0 Å². The SMILES string of the molecule is CC(C)(CNC(=O)C1CC12CCNCC2)c1ccc2c(c1)OCO2. The van der Waals surface area contributed by atoms with Crippen molar-refractivity contribution in [2.75, 3.05) is 26.4 Å². The van der Waals surface area contributed by atoms with Gasteiger partial charge in [0.1, 0.15) is 0 Å². The third-order valence-electron chi connectivity index (χ3n) is 5.96. The molecular formula is C19H26N2O3. The predicted molar refractivity (Wildman–Crippen MR) is 91.2 cm³/mol. The number of fused-ring (bicyclic) bond motifs is 1. The van der Waals surface area contributed by atoms with Crippen LogP contribution in [0.15, 0.2) is 18.2 Å². The van der Waals surface area contributed by atoms with Gasteiger partial charge in [0.2, 0.25) is 12.7 Å². The molecule has 2 aliphatic heterocycles. The molecule has 24 heavy (non-hydrogen) atoms. The summed E-state index contributed by atoms with van der Waals surface area (Å²) in [6, 6.07) is 6.04. The Labute approximate surface area is 143 Å². The quantitative estimate of drug-likeness (QED) is 0.888. The van der Waals surface area contributed by atoms with E-state index in [1.807, 2.05) is 12.1 Å². The van der Waals surface area contributed by atoms with Crippen molar-refractivity contribution in [1.29, 1.82) is 0 Å². The largest absolute Gasteiger partial charge is 0.454 e. The molecule has 5 nitrogen and oxygen atoms in total. The number of piperidine rings is 1. The number of carbonyl (C=O) groups excluding carboxylic acids is 1. The van der Waals surface area contributed by atoms with Gasteiger partial charge in [0, 0.05) is 17.9 Å². The van der Waals surface area contributed by atoms with E-state index in [9.17, 15) is 4.79 Å². The number of carbonyl (C=O) groups is 1. The Morgan fingerprint density at radius 3 is 2.83 bits per heavy atom. The lowest BCUT2D eigenvalue weighted by Gasteiger charge is -2.27. The molecule has 2 fully saturated rings. The van der Waals surface area contributed by atoms with Gasteiger partial charge in [-0.15, -0.1) is 0 Å². The summed E-state index contributed by atoms with van der Waals surface area (Å²) < 4.78 is 10.8.